The van der Waals surface area contributed by atoms with Crippen LogP contribution in [0.1, 0.15) is 22.9 Å². The number of aliphatic hydroxyl groups excluding tert-OH is 1. The first-order chi connectivity index (χ1) is 14.6. The second kappa shape index (κ2) is 8.16. The number of aliphatic hydroxyl groups is 1. The molecule has 0 saturated carbocycles. The maximum atomic E-state index is 13.0. The summed E-state index contributed by atoms with van der Waals surface area (Å²) in [5.74, 6) is -1.11. The fourth-order valence-corrected chi connectivity index (χ4v) is 3.57. The highest BCUT2D eigenvalue weighted by atomic mass is 16.5. The minimum atomic E-state index is -0.829. The molecule has 1 aliphatic heterocycles. The third-order valence-electron chi connectivity index (χ3n) is 4.99. The van der Waals surface area contributed by atoms with Crippen molar-refractivity contribution in [2.75, 3.05) is 7.11 Å². The van der Waals surface area contributed by atoms with Gasteiger partial charge in [0.25, 0.3) is 11.7 Å². The van der Waals surface area contributed by atoms with E-state index in [1.165, 1.54) is 17.3 Å². The molecule has 0 spiro atoms. The SMILES string of the molecule is COc1ccccc1CN1C(=O)C(=O)/C(=C(\O)c2ccncc2)C1c1ccccn1. The molecule has 3 heterocycles. The second-order valence-electron chi connectivity index (χ2n) is 6.73. The number of ether oxygens (including phenoxy) is 1. The van der Waals surface area contributed by atoms with Gasteiger partial charge in [0.2, 0.25) is 0 Å². The molecule has 0 bridgehead atoms. The van der Waals surface area contributed by atoms with Crippen LogP contribution in [0.2, 0.25) is 0 Å². The van der Waals surface area contributed by atoms with E-state index >= 15 is 0 Å². The zero-order valence-corrected chi connectivity index (χ0v) is 16.2. The fraction of sp³-hybridized carbons (Fsp3) is 0.130. The molecule has 1 amide bonds. The summed E-state index contributed by atoms with van der Waals surface area (Å²) >= 11 is 0. The number of ketones is 1. The molecule has 30 heavy (non-hydrogen) atoms. The van der Waals surface area contributed by atoms with Gasteiger partial charge in [0.05, 0.1) is 24.9 Å². The number of para-hydroxylation sites is 1. The van der Waals surface area contributed by atoms with Crippen molar-refractivity contribution in [2.45, 2.75) is 12.6 Å². The molecule has 1 N–H and O–H groups in total. The molecule has 2 aromatic heterocycles. The van der Waals surface area contributed by atoms with E-state index in [0.717, 1.165) is 5.56 Å². The average molecular weight is 401 g/mol. The Morgan fingerprint density at radius 3 is 2.47 bits per heavy atom. The highest BCUT2D eigenvalue weighted by molar-refractivity contribution is 6.46. The number of aromatic nitrogens is 2. The molecule has 1 unspecified atom stereocenters. The highest BCUT2D eigenvalue weighted by Crippen LogP contribution is 2.40. The summed E-state index contributed by atoms with van der Waals surface area (Å²) < 4.78 is 5.40. The summed E-state index contributed by atoms with van der Waals surface area (Å²) in [6.07, 6.45) is 4.61. The average Bonchev–Trinajstić information content (AvgIpc) is 3.05. The topological polar surface area (TPSA) is 92.6 Å². The molecule has 7 nitrogen and oxygen atoms in total. The maximum absolute atomic E-state index is 13.0. The summed E-state index contributed by atoms with van der Waals surface area (Å²) in [6.45, 7) is 0.128. The van der Waals surface area contributed by atoms with Crippen LogP contribution in [0.4, 0.5) is 0 Å². The Balaban J connectivity index is 1.86. The van der Waals surface area contributed by atoms with E-state index < -0.39 is 17.7 Å². The van der Waals surface area contributed by atoms with Crippen molar-refractivity contribution >= 4 is 17.4 Å². The molecule has 1 aromatic carbocycles. The molecule has 0 radical (unpaired) electrons. The van der Waals surface area contributed by atoms with Gasteiger partial charge in [-0.1, -0.05) is 24.3 Å². The second-order valence-corrected chi connectivity index (χ2v) is 6.73. The highest BCUT2D eigenvalue weighted by Gasteiger charge is 2.46. The van der Waals surface area contributed by atoms with Crippen molar-refractivity contribution < 1.29 is 19.4 Å². The lowest BCUT2D eigenvalue weighted by molar-refractivity contribution is -0.140. The van der Waals surface area contributed by atoms with Crippen molar-refractivity contribution in [1.82, 2.24) is 14.9 Å². The van der Waals surface area contributed by atoms with Crippen molar-refractivity contribution in [1.29, 1.82) is 0 Å². The summed E-state index contributed by atoms with van der Waals surface area (Å²) in [6, 6.07) is 14.9. The Labute approximate surface area is 173 Å². The van der Waals surface area contributed by atoms with E-state index in [1.807, 2.05) is 18.2 Å². The van der Waals surface area contributed by atoms with E-state index in [4.69, 9.17) is 4.74 Å². The van der Waals surface area contributed by atoms with Gasteiger partial charge in [-0.15, -0.1) is 0 Å². The molecule has 3 aromatic rings. The van der Waals surface area contributed by atoms with Gasteiger partial charge in [-0.05, 0) is 30.3 Å². The van der Waals surface area contributed by atoms with Crippen LogP contribution in [-0.2, 0) is 16.1 Å². The van der Waals surface area contributed by atoms with Gasteiger partial charge in [-0.25, -0.2) is 0 Å². The number of amides is 1. The molecule has 1 fully saturated rings. The largest absolute Gasteiger partial charge is 0.507 e. The number of carbonyl (C=O) groups excluding carboxylic acids is 2. The number of likely N-dealkylation sites (tertiary alicyclic amines) is 1. The number of nitrogens with zero attached hydrogens (tertiary/aromatic N) is 3. The Morgan fingerprint density at radius 1 is 1.03 bits per heavy atom. The molecule has 7 heteroatoms. The van der Waals surface area contributed by atoms with Gasteiger partial charge in [0.15, 0.2) is 0 Å². The minimum Gasteiger partial charge on any atom is -0.507 e. The third kappa shape index (κ3) is 3.41. The molecular weight excluding hydrogens is 382 g/mol. The maximum Gasteiger partial charge on any atom is 0.296 e. The zero-order chi connectivity index (χ0) is 21.1. The van der Waals surface area contributed by atoms with Gasteiger partial charge in [-0.3, -0.25) is 19.6 Å². The first kappa shape index (κ1) is 19.3. The molecule has 150 valence electrons. The van der Waals surface area contributed by atoms with E-state index in [2.05, 4.69) is 9.97 Å². The molecule has 1 atom stereocenters. The molecule has 1 aliphatic rings. The number of hydrogen-bond acceptors (Lipinski definition) is 6. The number of methoxy groups -OCH3 is 1. The Morgan fingerprint density at radius 2 is 1.77 bits per heavy atom. The van der Waals surface area contributed by atoms with Gasteiger partial charge in [0, 0.05) is 29.7 Å². The molecule has 1 saturated heterocycles. The number of carbonyl (C=O) groups is 2. The van der Waals surface area contributed by atoms with Crippen LogP contribution in [0.5, 0.6) is 5.75 Å². The van der Waals surface area contributed by atoms with Crippen molar-refractivity contribution in [3.05, 3.63) is 95.6 Å². The Kier molecular flexibility index (Phi) is 5.26. The minimum absolute atomic E-state index is 0.000187. The lowest BCUT2D eigenvalue weighted by Gasteiger charge is -2.25. The van der Waals surface area contributed by atoms with Gasteiger partial charge in [0.1, 0.15) is 17.6 Å². The van der Waals surface area contributed by atoms with Crippen LogP contribution >= 0.6 is 0 Å². The Bertz CT molecular complexity index is 1110. The van der Waals surface area contributed by atoms with Crippen LogP contribution in [0.15, 0.2) is 78.8 Å². The van der Waals surface area contributed by atoms with Crippen LogP contribution in [0.25, 0.3) is 5.76 Å². The third-order valence-corrected chi connectivity index (χ3v) is 4.99. The van der Waals surface area contributed by atoms with E-state index in [0.29, 0.717) is 17.0 Å². The van der Waals surface area contributed by atoms with Crippen LogP contribution in [0.3, 0.4) is 0 Å². The number of benzene rings is 1. The molecule has 4 rings (SSSR count). The summed E-state index contributed by atoms with van der Waals surface area (Å²) in [7, 11) is 1.55. The predicted molar refractivity (Wildman–Crippen MR) is 109 cm³/mol. The van der Waals surface area contributed by atoms with Gasteiger partial charge >= 0.3 is 0 Å². The van der Waals surface area contributed by atoms with E-state index in [9.17, 15) is 14.7 Å². The Hall–Kier alpha value is -4.00. The lowest BCUT2D eigenvalue weighted by Crippen LogP contribution is -2.29. The zero-order valence-electron chi connectivity index (χ0n) is 16.2. The number of Topliss-reactive ketones (excluding diaryl/α,β-unsaturated/α-hetero) is 1. The van der Waals surface area contributed by atoms with E-state index in [1.54, 1.807) is 49.7 Å². The van der Waals surface area contributed by atoms with Crippen LogP contribution in [0, 0.1) is 0 Å². The van der Waals surface area contributed by atoms with Crippen LogP contribution < -0.4 is 4.74 Å². The quantitative estimate of drug-likeness (QED) is 0.401. The van der Waals surface area contributed by atoms with Crippen molar-refractivity contribution in [3.63, 3.8) is 0 Å². The van der Waals surface area contributed by atoms with Crippen LogP contribution in [-0.4, -0.2) is 38.8 Å². The molecular formula is C23H19N3O4. The monoisotopic (exact) mass is 401 g/mol. The van der Waals surface area contributed by atoms with Crippen molar-refractivity contribution in [3.8, 4) is 5.75 Å². The first-order valence-corrected chi connectivity index (χ1v) is 9.33. The number of pyridine rings is 2. The lowest BCUT2D eigenvalue weighted by atomic mass is 9.98. The molecule has 0 aliphatic carbocycles. The number of rotatable bonds is 5. The van der Waals surface area contributed by atoms with E-state index in [-0.39, 0.29) is 17.9 Å². The van der Waals surface area contributed by atoms with Crippen molar-refractivity contribution in [2.24, 2.45) is 0 Å². The van der Waals surface area contributed by atoms with Gasteiger partial charge < -0.3 is 14.7 Å². The first-order valence-electron chi connectivity index (χ1n) is 9.33. The summed E-state index contributed by atoms with van der Waals surface area (Å²) in [5, 5.41) is 10.9. The smallest absolute Gasteiger partial charge is 0.296 e. The summed E-state index contributed by atoms with van der Waals surface area (Å²) in [4.78, 5) is 35.7. The van der Waals surface area contributed by atoms with Gasteiger partial charge in [-0.2, -0.15) is 0 Å². The summed E-state index contributed by atoms with van der Waals surface area (Å²) in [5.41, 5.74) is 1.63. The predicted octanol–water partition coefficient (Wildman–Crippen LogP) is 3.11. The normalized spacial score (nSPS) is 17.9. The number of hydrogen-bond donors (Lipinski definition) is 1. The fourth-order valence-electron chi connectivity index (χ4n) is 3.57. The standard InChI is InChI=1S/C23H19N3O4/c1-30-18-8-3-2-6-16(18)14-26-20(17-7-4-5-11-25-17)19(22(28)23(26)29)21(27)15-9-12-24-13-10-15/h2-13,20,27H,14H2,1H3/b21-19-.